The summed E-state index contributed by atoms with van der Waals surface area (Å²) in [6, 6.07) is 7.05. The monoisotopic (exact) mass is 350 g/mol. The molecule has 0 radical (unpaired) electrons. The number of benzene rings is 1. The fourth-order valence-electron chi connectivity index (χ4n) is 2.58. The number of hydrogen-bond donors (Lipinski definition) is 0. The van der Waals surface area contributed by atoms with Gasteiger partial charge in [-0.25, -0.2) is 4.79 Å². The number of piperidine rings is 1. The van der Waals surface area contributed by atoms with E-state index < -0.39 is 5.60 Å². The van der Waals surface area contributed by atoms with E-state index in [1.807, 2.05) is 26.8 Å². The maximum Gasteiger partial charge on any atom is 0.410 e. The molecule has 0 N–H and O–H groups in total. The molecule has 0 aromatic heterocycles. The smallest absolute Gasteiger partial charge is 0.410 e. The fourth-order valence-corrected chi connectivity index (χ4v) is 2.80. The van der Waals surface area contributed by atoms with Crippen LogP contribution in [-0.2, 0) is 4.74 Å². The Bertz CT molecular complexity index is 634. The summed E-state index contributed by atoms with van der Waals surface area (Å²) in [6.07, 6.45) is 1.67. The van der Waals surface area contributed by atoms with Crippen LogP contribution < -0.4 is 4.74 Å². The Kier molecular flexibility index (Phi) is 5.95. The second-order valence-corrected chi connectivity index (χ2v) is 7.41. The molecule has 1 amide bonds. The topological polar surface area (TPSA) is 62.6 Å². The zero-order valence-electron chi connectivity index (χ0n) is 14.3. The molecule has 0 spiro atoms. The van der Waals surface area contributed by atoms with E-state index in [4.69, 9.17) is 26.3 Å². The average molecular weight is 351 g/mol. The summed E-state index contributed by atoms with van der Waals surface area (Å²) in [7, 11) is 0. The van der Waals surface area contributed by atoms with Crippen LogP contribution >= 0.6 is 11.6 Å². The Balaban J connectivity index is 1.88. The summed E-state index contributed by atoms with van der Waals surface area (Å²) in [5.74, 6) is 0.883. The van der Waals surface area contributed by atoms with Crippen molar-refractivity contribution in [1.29, 1.82) is 5.26 Å². The van der Waals surface area contributed by atoms with E-state index in [1.54, 1.807) is 23.1 Å². The van der Waals surface area contributed by atoms with Crippen molar-refractivity contribution < 1.29 is 14.3 Å². The number of likely N-dealkylation sites (tertiary alicyclic amines) is 1. The van der Waals surface area contributed by atoms with Gasteiger partial charge in [0.1, 0.15) is 17.4 Å². The molecule has 24 heavy (non-hydrogen) atoms. The van der Waals surface area contributed by atoms with Crippen LogP contribution in [0.1, 0.15) is 39.2 Å². The number of nitrogens with zero attached hydrogens (tertiary/aromatic N) is 2. The van der Waals surface area contributed by atoms with Crippen molar-refractivity contribution in [3.05, 3.63) is 28.8 Å². The summed E-state index contributed by atoms with van der Waals surface area (Å²) in [5, 5.41) is 9.26. The predicted octanol–water partition coefficient (Wildman–Crippen LogP) is 4.24. The minimum atomic E-state index is -0.486. The molecule has 1 atom stereocenters. The normalized spacial score (nSPS) is 18.0. The maximum absolute atomic E-state index is 12.2. The summed E-state index contributed by atoms with van der Waals surface area (Å²) in [4.78, 5) is 13.9. The van der Waals surface area contributed by atoms with Crippen LogP contribution in [0.2, 0.25) is 5.02 Å². The third kappa shape index (κ3) is 5.31. The number of amides is 1. The first-order valence-electron chi connectivity index (χ1n) is 8.09. The zero-order chi connectivity index (χ0) is 17.7. The van der Waals surface area contributed by atoms with E-state index in [2.05, 4.69) is 0 Å². The van der Waals surface area contributed by atoms with Crippen molar-refractivity contribution in [2.45, 2.75) is 39.2 Å². The van der Waals surface area contributed by atoms with E-state index in [0.717, 1.165) is 12.8 Å². The Morgan fingerprint density at radius 3 is 2.83 bits per heavy atom. The molecular formula is C18H23ClN2O3. The molecule has 1 aliphatic rings. The molecule has 130 valence electrons. The van der Waals surface area contributed by atoms with Gasteiger partial charge >= 0.3 is 6.09 Å². The van der Waals surface area contributed by atoms with Crippen LogP contribution in [0.3, 0.4) is 0 Å². The van der Waals surface area contributed by atoms with Crippen molar-refractivity contribution >= 4 is 17.7 Å². The SMILES string of the molecule is CC(C)(C)OC(=O)N1CCCC(COc2ccc(C#N)c(Cl)c2)C1. The number of rotatable bonds is 3. The lowest BCUT2D eigenvalue weighted by atomic mass is 9.99. The van der Waals surface area contributed by atoms with Crippen molar-refractivity contribution in [1.82, 2.24) is 4.90 Å². The Labute approximate surface area is 148 Å². The number of nitriles is 1. The highest BCUT2D eigenvalue weighted by Gasteiger charge is 2.27. The van der Waals surface area contributed by atoms with Gasteiger partial charge in [0.15, 0.2) is 0 Å². The largest absolute Gasteiger partial charge is 0.493 e. The molecular weight excluding hydrogens is 328 g/mol. The predicted molar refractivity (Wildman–Crippen MR) is 92.2 cm³/mol. The number of carbonyl (C=O) groups excluding carboxylic acids is 1. The Morgan fingerprint density at radius 1 is 1.46 bits per heavy atom. The Hall–Kier alpha value is -1.93. The number of ether oxygens (including phenoxy) is 2. The molecule has 1 unspecified atom stereocenters. The molecule has 0 saturated carbocycles. The molecule has 0 aliphatic carbocycles. The second kappa shape index (κ2) is 7.76. The van der Waals surface area contributed by atoms with E-state index in [0.29, 0.717) is 36.0 Å². The van der Waals surface area contributed by atoms with Crippen molar-refractivity contribution in [2.24, 2.45) is 5.92 Å². The van der Waals surface area contributed by atoms with E-state index in [1.165, 1.54) is 0 Å². The van der Waals surface area contributed by atoms with E-state index in [-0.39, 0.29) is 12.0 Å². The zero-order valence-corrected chi connectivity index (χ0v) is 15.1. The number of halogens is 1. The first-order valence-corrected chi connectivity index (χ1v) is 8.46. The number of hydrogen-bond acceptors (Lipinski definition) is 4. The van der Waals surface area contributed by atoms with Crippen molar-refractivity contribution in [3.8, 4) is 11.8 Å². The van der Waals surface area contributed by atoms with Gasteiger partial charge in [0.2, 0.25) is 0 Å². The summed E-state index contributed by atoms with van der Waals surface area (Å²) < 4.78 is 11.2. The quantitative estimate of drug-likeness (QED) is 0.818. The molecule has 0 bridgehead atoms. The maximum atomic E-state index is 12.2. The van der Waals surface area contributed by atoms with Gasteiger partial charge in [-0.15, -0.1) is 0 Å². The van der Waals surface area contributed by atoms with Crippen LogP contribution in [-0.4, -0.2) is 36.3 Å². The molecule has 1 heterocycles. The summed E-state index contributed by atoms with van der Waals surface area (Å²) in [5.41, 5.74) is -0.0578. The van der Waals surface area contributed by atoms with Crippen LogP contribution in [0.25, 0.3) is 0 Å². The molecule has 2 rings (SSSR count). The fraction of sp³-hybridized carbons (Fsp3) is 0.556. The van der Waals surface area contributed by atoms with Gasteiger partial charge in [0, 0.05) is 25.1 Å². The molecule has 1 aromatic rings. The van der Waals surface area contributed by atoms with Crippen molar-refractivity contribution in [2.75, 3.05) is 19.7 Å². The lowest BCUT2D eigenvalue weighted by Gasteiger charge is -2.34. The number of carbonyl (C=O) groups is 1. The van der Waals surface area contributed by atoms with Crippen LogP contribution in [0.15, 0.2) is 18.2 Å². The molecule has 1 saturated heterocycles. The van der Waals surface area contributed by atoms with Crippen molar-refractivity contribution in [3.63, 3.8) is 0 Å². The average Bonchev–Trinajstić information content (AvgIpc) is 2.52. The van der Waals surface area contributed by atoms with Gasteiger partial charge in [-0.05, 0) is 45.7 Å². The molecule has 6 heteroatoms. The van der Waals surface area contributed by atoms with Crippen LogP contribution in [0.5, 0.6) is 5.75 Å². The van der Waals surface area contributed by atoms with E-state index in [9.17, 15) is 4.79 Å². The lowest BCUT2D eigenvalue weighted by Crippen LogP contribution is -2.44. The standard InChI is InChI=1S/C18H23ClN2O3/c1-18(2,3)24-17(22)21-8-4-5-13(11-21)12-23-15-7-6-14(10-20)16(19)9-15/h6-7,9,13H,4-5,8,11-12H2,1-3H3. The van der Waals surface area contributed by atoms with Gasteiger partial charge in [0.05, 0.1) is 17.2 Å². The summed E-state index contributed by atoms with van der Waals surface area (Å²) in [6.45, 7) is 7.44. The highest BCUT2D eigenvalue weighted by molar-refractivity contribution is 6.31. The summed E-state index contributed by atoms with van der Waals surface area (Å²) >= 11 is 6.01. The minimum Gasteiger partial charge on any atom is -0.493 e. The van der Waals surface area contributed by atoms with Gasteiger partial charge in [-0.2, -0.15) is 5.26 Å². The third-order valence-electron chi connectivity index (χ3n) is 3.72. The second-order valence-electron chi connectivity index (χ2n) is 7.00. The molecule has 1 aliphatic heterocycles. The van der Waals surface area contributed by atoms with Crippen LogP contribution in [0, 0.1) is 17.2 Å². The first kappa shape index (κ1) is 18.4. The van der Waals surface area contributed by atoms with Gasteiger partial charge in [-0.3, -0.25) is 0 Å². The van der Waals surface area contributed by atoms with E-state index >= 15 is 0 Å². The minimum absolute atomic E-state index is 0.251. The first-order chi connectivity index (χ1) is 11.3. The Morgan fingerprint density at radius 2 is 2.21 bits per heavy atom. The van der Waals surface area contributed by atoms with Gasteiger partial charge in [-0.1, -0.05) is 11.6 Å². The lowest BCUT2D eigenvalue weighted by molar-refractivity contribution is 0.0139. The molecule has 1 fully saturated rings. The van der Waals surface area contributed by atoms with Gasteiger partial charge in [0.25, 0.3) is 0 Å². The highest BCUT2D eigenvalue weighted by Crippen LogP contribution is 2.24. The molecule has 5 nitrogen and oxygen atoms in total. The highest BCUT2D eigenvalue weighted by atomic mass is 35.5. The third-order valence-corrected chi connectivity index (χ3v) is 4.03. The van der Waals surface area contributed by atoms with Crippen LogP contribution in [0.4, 0.5) is 4.79 Å². The van der Waals surface area contributed by atoms with Gasteiger partial charge < -0.3 is 14.4 Å². The molecule has 1 aromatic carbocycles.